The fourth-order valence-electron chi connectivity index (χ4n) is 2.90. The van der Waals surface area contributed by atoms with E-state index < -0.39 is 10.0 Å². The molecule has 0 saturated carbocycles. The van der Waals surface area contributed by atoms with Crippen LogP contribution in [0.5, 0.6) is 0 Å². The van der Waals surface area contributed by atoms with Gasteiger partial charge in [0.1, 0.15) is 0 Å². The quantitative estimate of drug-likeness (QED) is 0.771. The second-order valence-corrected chi connectivity index (χ2v) is 7.67. The van der Waals surface area contributed by atoms with Gasteiger partial charge in [0.25, 0.3) is 0 Å². The van der Waals surface area contributed by atoms with E-state index >= 15 is 0 Å². The Labute approximate surface area is 152 Å². The third-order valence-electron chi connectivity index (χ3n) is 4.38. The number of fused-ring (bicyclic) bond motifs is 1. The molecule has 0 spiro atoms. The molecule has 10 heteroatoms. The number of nitrogens with one attached hydrogen (secondary N) is 1. The number of hydrogen-bond donors (Lipinski definition) is 1. The van der Waals surface area contributed by atoms with Gasteiger partial charge in [-0.2, -0.15) is 0 Å². The van der Waals surface area contributed by atoms with Gasteiger partial charge in [0.05, 0.1) is 29.1 Å². The van der Waals surface area contributed by atoms with Gasteiger partial charge in [0.15, 0.2) is 0 Å². The summed E-state index contributed by atoms with van der Waals surface area (Å²) in [7, 11) is -0.307. The Morgan fingerprint density at radius 2 is 1.76 bits per heavy atom. The number of aryl methyl sites for hydroxylation is 2. The van der Waals surface area contributed by atoms with Crippen molar-refractivity contribution in [3.63, 3.8) is 0 Å². The Balaban J connectivity index is 0.00000225. The number of benzene rings is 1. The lowest BCUT2D eigenvalue weighted by atomic mass is 10.3. The summed E-state index contributed by atoms with van der Waals surface area (Å²) in [4.78, 5) is 14.3. The number of morpholine rings is 1. The van der Waals surface area contributed by atoms with Crippen LogP contribution in [0.2, 0.25) is 0 Å². The molecule has 1 aliphatic rings. The van der Waals surface area contributed by atoms with Crippen molar-refractivity contribution in [1.29, 1.82) is 0 Å². The number of halogens is 1. The Morgan fingerprint density at radius 3 is 2.44 bits per heavy atom. The molecule has 8 nitrogen and oxygen atoms in total. The SMILES string of the molecule is Cl.Cn1c(=O)n(C)c2cc(S(=O)(=O)NCCN3CCOCC3)ccc21. The predicted octanol–water partition coefficient (Wildman–Crippen LogP) is -0.0907. The first-order valence-electron chi connectivity index (χ1n) is 7.85. The van der Waals surface area contributed by atoms with Gasteiger partial charge in [0.2, 0.25) is 10.0 Å². The van der Waals surface area contributed by atoms with Crippen molar-refractivity contribution in [1.82, 2.24) is 18.8 Å². The number of nitrogens with zero attached hydrogens (tertiary/aromatic N) is 3. The molecule has 0 atom stereocenters. The molecule has 1 aliphatic heterocycles. The van der Waals surface area contributed by atoms with E-state index in [0.29, 0.717) is 37.3 Å². The van der Waals surface area contributed by atoms with Crippen molar-refractivity contribution in [3.05, 3.63) is 28.7 Å². The zero-order valence-corrected chi connectivity index (χ0v) is 15.9. The van der Waals surface area contributed by atoms with Crippen LogP contribution < -0.4 is 10.4 Å². The molecule has 25 heavy (non-hydrogen) atoms. The van der Waals surface area contributed by atoms with E-state index in [2.05, 4.69) is 9.62 Å². The van der Waals surface area contributed by atoms with E-state index in [4.69, 9.17) is 4.74 Å². The first-order valence-corrected chi connectivity index (χ1v) is 9.34. The van der Waals surface area contributed by atoms with Crippen LogP contribution in [0.1, 0.15) is 0 Å². The number of sulfonamides is 1. The highest BCUT2D eigenvalue weighted by Gasteiger charge is 2.18. The summed E-state index contributed by atoms with van der Waals surface area (Å²) in [6.45, 7) is 4.00. The molecule has 0 aliphatic carbocycles. The summed E-state index contributed by atoms with van der Waals surface area (Å²) in [5.41, 5.74) is 1.12. The lowest BCUT2D eigenvalue weighted by molar-refractivity contribution is 0.0390. The van der Waals surface area contributed by atoms with Crippen LogP contribution in [0, 0.1) is 0 Å². The van der Waals surface area contributed by atoms with Crippen LogP contribution in [-0.4, -0.2) is 61.8 Å². The average Bonchev–Trinajstić information content (AvgIpc) is 2.80. The largest absolute Gasteiger partial charge is 0.379 e. The summed E-state index contributed by atoms with van der Waals surface area (Å²) in [5.74, 6) is 0. The summed E-state index contributed by atoms with van der Waals surface area (Å²) >= 11 is 0. The molecule has 1 aromatic carbocycles. The standard InChI is InChI=1S/C15H22N4O4S.ClH/c1-17-13-4-3-12(11-14(13)18(2)15(17)20)24(21,22)16-5-6-19-7-9-23-10-8-19;/h3-4,11,16H,5-10H2,1-2H3;1H. The van der Waals surface area contributed by atoms with Gasteiger partial charge in [-0.1, -0.05) is 0 Å². The van der Waals surface area contributed by atoms with Crippen LogP contribution in [0.25, 0.3) is 11.0 Å². The predicted molar refractivity (Wildman–Crippen MR) is 97.9 cm³/mol. The van der Waals surface area contributed by atoms with Crippen molar-refractivity contribution in [2.45, 2.75) is 4.90 Å². The van der Waals surface area contributed by atoms with E-state index in [1.807, 2.05) is 0 Å². The van der Waals surface area contributed by atoms with E-state index in [-0.39, 0.29) is 23.0 Å². The molecule has 1 N–H and O–H groups in total. The molecule has 2 aromatic rings. The monoisotopic (exact) mass is 390 g/mol. The summed E-state index contributed by atoms with van der Waals surface area (Å²) < 4.78 is 35.8. The fraction of sp³-hybridized carbons (Fsp3) is 0.533. The Kier molecular flexibility index (Phi) is 6.28. The molecule has 0 unspecified atom stereocenters. The lowest BCUT2D eigenvalue weighted by Gasteiger charge is -2.26. The number of ether oxygens (including phenoxy) is 1. The molecular weight excluding hydrogens is 368 g/mol. The third-order valence-corrected chi connectivity index (χ3v) is 5.84. The summed E-state index contributed by atoms with van der Waals surface area (Å²) in [5, 5.41) is 0. The smallest absolute Gasteiger partial charge is 0.328 e. The van der Waals surface area contributed by atoms with Crippen LogP contribution in [0.3, 0.4) is 0 Å². The molecule has 1 saturated heterocycles. The topological polar surface area (TPSA) is 85.6 Å². The first kappa shape index (κ1) is 19.9. The molecule has 0 bridgehead atoms. The fourth-order valence-corrected chi connectivity index (χ4v) is 3.94. The molecule has 1 aromatic heterocycles. The molecule has 0 radical (unpaired) electrons. The van der Waals surface area contributed by atoms with Gasteiger partial charge < -0.3 is 4.74 Å². The average molecular weight is 391 g/mol. The number of aromatic nitrogens is 2. The van der Waals surface area contributed by atoms with Gasteiger partial charge >= 0.3 is 5.69 Å². The molecule has 2 heterocycles. The zero-order chi connectivity index (χ0) is 17.3. The van der Waals surface area contributed by atoms with E-state index in [1.54, 1.807) is 20.2 Å². The highest BCUT2D eigenvalue weighted by Crippen LogP contribution is 2.17. The maximum absolute atomic E-state index is 12.5. The van der Waals surface area contributed by atoms with E-state index in [1.165, 1.54) is 21.3 Å². The van der Waals surface area contributed by atoms with Crippen molar-refractivity contribution in [2.24, 2.45) is 14.1 Å². The van der Waals surface area contributed by atoms with E-state index in [9.17, 15) is 13.2 Å². The van der Waals surface area contributed by atoms with E-state index in [0.717, 1.165) is 13.1 Å². The Bertz CT molecular complexity index is 900. The Hall–Kier alpha value is -1.39. The maximum atomic E-state index is 12.5. The molecule has 1 fully saturated rings. The second-order valence-electron chi connectivity index (χ2n) is 5.90. The van der Waals surface area contributed by atoms with Crippen molar-refractivity contribution in [2.75, 3.05) is 39.4 Å². The number of rotatable bonds is 5. The highest BCUT2D eigenvalue weighted by molar-refractivity contribution is 7.89. The number of hydrogen-bond acceptors (Lipinski definition) is 5. The van der Waals surface area contributed by atoms with Crippen LogP contribution >= 0.6 is 12.4 Å². The minimum absolute atomic E-state index is 0. The zero-order valence-electron chi connectivity index (χ0n) is 14.3. The van der Waals surface area contributed by atoms with Crippen LogP contribution in [0.15, 0.2) is 27.9 Å². The summed E-state index contributed by atoms with van der Waals surface area (Å²) in [6, 6.07) is 4.72. The van der Waals surface area contributed by atoms with Gasteiger partial charge in [0, 0.05) is 40.3 Å². The van der Waals surface area contributed by atoms with Crippen molar-refractivity contribution in [3.8, 4) is 0 Å². The van der Waals surface area contributed by atoms with Crippen molar-refractivity contribution < 1.29 is 13.2 Å². The highest BCUT2D eigenvalue weighted by atomic mass is 35.5. The van der Waals surface area contributed by atoms with Crippen LogP contribution in [0.4, 0.5) is 0 Å². The minimum atomic E-state index is -3.61. The maximum Gasteiger partial charge on any atom is 0.328 e. The normalized spacial score (nSPS) is 16.1. The van der Waals surface area contributed by atoms with Gasteiger partial charge in [-0.15, -0.1) is 12.4 Å². The third kappa shape index (κ3) is 4.06. The Morgan fingerprint density at radius 1 is 1.12 bits per heavy atom. The van der Waals surface area contributed by atoms with Crippen LogP contribution in [-0.2, 0) is 28.9 Å². The minimum Gasteiger partial charge on any atom is -0.379 e. The van der Waals surface area contributed by atoms with Gasteiger partial charge in [-0.25, -0.2) is 17.9 Å². The molecular formula is C15H23ClN4O4S. The molecule has 140 valence electrons. The first-order chi connectivity index (χ1) is 11.4. The lowest BCUT2D eigenvalue weighted by Crippen LogP contribution is -2.41. The van der Waals surface area contributed by atoms with Crippen molar-refractivity contribution >= 4 is 33.5 Å². The molecule has 3 rings (SSSR count). The molecule has 0 amide bonds. The second kappa shape index (κ2) is 7.88. The number of imidazole rings is 1. The van der Waals surface area contributed by atoms with Gasteiger partial charge in [-0.05, 0) is 18.2 Å². The summed E-state index contributed by atoms with van der Waals surface area (Å²) in [6.07, 6.45) is 0. The van der Waals surface area contributed by atoms with Gasteiger partial charge in [-0.3, -0.25) is 14.0 Å².